The van der Waals surface area contributed by atoms with Gasteiger partial charge in [-0.15, -0.1) is 0 Å². The van der Waals surface area contributed by atoms with E-state index in [1.807, 2.05) is 55.5 Å². The Morgan fingerprint density at radius 1 is 1.19 bits per heavy atom. The lowest BCUT2D eigenvalue weighted by Crippen LogP contribution is -2.43. The minimum absolute atomic E-state index is 0.101. The van der Waals surface area contributed by atoms with Gasteiger partial charge in [-0.25, -0.2) is 4.99 Å². The van der Waals surface area contributed by atoms with Crippen molar-refractivity contribution in [2.45, 2.75) is 58.5 Å². The number of carbonyl (C=O) groups excluding carboxylic acids is 2. The normalized spacial score (nSPS) is 21.0. The van der Waals surface area contributed by atoms with E-state index in [2.05, 4.69) is 13.8 Å². The Morgan fingerprint density at radius 3 is 2.55 bits per heavy atom. The van der Waals surface area contributed by atoms with Crippen molar-refractivity contribution < 1.29 is 9.59 Å². The SMILES string of the molecule is Cc1ccc(CN2C(=O)C(CC(C)C)(c3ccccc3)N=C2N)cc1C(=O)CC1CC1. The number of aryl methyl sites for hydroxylation is 1. The maximum atomic E-state index is 13.7. The molecule has 1 saturated carbocycles. The van der Waals surface area contributed by atoms with Gasteiger partial charge in [0, 0.05) is 12.0 Å². The average Bonchev–Trinajstić information content (AvgIpc) is 3.52. The van der Waals surface area contributed by atoms with Crippen molar-refractivity contribution in [2.75, 3.05) is 0 Å². The molecule has 1 fully saturated rings. The minimum Gasteiger partial charge on any atom is -0.369 e. The van der Waals surface area contributed by atoms with E-state index in [1.165, 1.54) is 0 Å². The molecule has 1 unspecified atom stereocenters. The monoisotopic (exact) mass is 417 g/mol. The van der Waals surface area contributed by atoms with Crippen molar-refractivity contribution in [1.29, 1.82) is 0 Å². The van der Waals surface area contributed by atoms with Gasteiger partial charge < -0.3 is 5.73 Å². The number of guanidine groups is 1. The zero-order valence-electron chi connectivity index (χ0n) is 18.6. The van der Waals surface area contributed by atoms with Gasteiger partial charge in [-0.1, -0.05) is 56.3 Å². The molecule has 1 heterocycles. The molecule has 1 amide bonds. The summed E-state index contributed by atoms with van der Waals surface area (Å²) >= 11 is 0. The van der Waals surface area contributed by atoms with Crippen LogP contribution in [0.1, 0.15) is 66.6 Å². The molecule has 0 aromatic heterocycles. The summed E-state index contributed by atoms with van der Waals surface area (Å²) in [7, 11) is 0. The molecule has 1 atom stereocenters. The molecule has 1 aliphatic heterocycles. The van der Waals surface area contributed by atoms with Crippen LogP contribution in [0.15, 0.2) is 53.5 Å². The number of nitrogens with zero attached hydrogens (tertiary/aromatic N) is 2. The highest BCUT2D eigenvalue weighted by Crippen LogP contribution is 2.39. The highest BCUT2D eigenvalue weighted by Gasteiger charge is 2.49. The van der Waals surface area contributed by atoms with Crippen LogP contribution in [-0.4, -0.2) is 22.5 Å². The second-order valence-electron chi connectivity index (χ2n) is 9.41. The average molecular weight is 418 g/mol. The van der Waals surface area contributed by atoms with E-state index in [9.17, 15) is 9.59 Å². The third-order valence-electron chi connectivity index (χ3n) is 6.25. The third kappa shape index (κ3) is 4.27. The summed E-state index contributed by atoms with van der Waals surface area (Å²) in [6, 6.07) is 15.5. The summed E-state index contributed by atoms with van der Waals surface area (Å²) < 4.78 is 0. The summed E-state index contributed by atoms with van der Waals surface area (Å²) in [4.78, 5) is 32.7. The molecule has 5 heteroatoms. The number of carbonyl (C=O) groups is 2. The van der Waals surface area contributed by atoms with Crippen molar-refractivity contribution in [1.82, 2.24) is 4.90 Å². The van der Waals surface area contributed by atoms with Crippen LogP contribution in [-0.2, 0) is 16.9 Å². The molecule has 31 heavy (non-hydrogen) atoms. The van der Waals surface area contributed by atoms with Crippen LogP contribution in [0.5, 0.6) is 0 Å². The Labute approximate surface area is 184 Å². The van der Waals surface area contributed by atoms with Crippen LogP contribution in [0.25, 0.3) is 0 Å². The molecule has 2 N–H and O–H groups in total. The van der Waals surface area contributed by atoms with Crippen LogP contribution in [0.3, 0.4) is 0 Å². The largest absolute Gasteiger partial charge is 0.369 e. The highest BCUT2D eigenvalue weighted by atomic mass is 16.2. The van der Waals surface area contributed by atoms with Crippen LogP contribution in [0.4, 0.5) is 0 Å². The lowest BCUT2D eigenvalue weighted by atomic mass is 9.82. The van der Waals surface area contributed by atoms with E-state index < -0.39 is 5.54 Å². The fraction of sp³-hybridized carbons (Fsp3) is 0.423. The molecule has 0 saturated heterocycles. The van der Waals surface area contributed by atoms with E-state index in [4.69, 9.17) is 10.7 Å². The number of hydrogen-bond acceptors (Lipinski definition) is 4. The molecule has 5 nitrogen and oxygen atoms in total. The number of Topliss-reactive ketones (excluding diaryl/α,β-unsaturated/α-hetero) is 1. The highest BCUT2D eigenvalue weighted by molar-refractivity contribution is 6.07. The van der Waals surface area contributed by atoms with Crippen molar-refractivity contribution in [2.24, 2.45) is 22.6 Å². The van der Waals surface area contributed by atoms with E-state index in [0.717, 1.165) is 35.1 Å². The van der Waals surface area contributed by atoms with Gasteiger partial charge in [0.25, 0.3) is 5.91 Å². The topological polar surface area (TPSA) is 75.8 Å². The van der Waals surface area contributed by atoms with E-state index in [1.54, 1.807) is 4.90 Å². The molecule has 1 aliphatic carbocycles. The summed E-state index contributed by atoms with van der Waals surface area (Å²) in [6.07, 6.45) is 3.50. The lowest BCUT2D eigenvalue weighted by Gasteiger charge is -2.28. The molecule has 0 bridgehead atoms. The minimum atomic E-state index is -0.991. The molecular formula is C26H31N3O2. The fourth-order valence-electron chi connectivity index (χ4n) is 4.47. The molecule has 2 aromatic carbocycles. The molecule has 4 rings (SSSR count). The first kappa shape index (κ1) is 21.3. The summed E-state index contributed by atoms with van der Waals surface area (Å²) in [6.45, 7) is 6.45. The second-order valence-corrected chi connectivity index (χ2v) is 9.41. The number of benzene rings is 2. The quantitative estimate of drug-likeness (QED) is 0.639. The Kier molecular flexibility index (Phi) is 5.69. The Balaban J connectivity index is 1.62. The van der Waals surface area contributed by atoms with Crippen LogP contribution < -0.4 is 5.73 Å². The lowest BCUT2D eigenvalue weighted by molar-refractivity contribution is -0.132. The first-order valence-electron chi connectivity index (χ1n) is 11.2. The van der Waals surface area contributed by atoms with Crippen LogP contribution in [0.2, 0.25) is 0 Å². The van der Waals surface area contributed by atoms with E-state index in [-0.39, 0.29) is 23.6 Å². The maximum absolute atomic E-state index is 13.7. The molecule has 0 radical (unpaired) electrons. The predicted molar refractivity (Wildman–Crippen MR) is 123 cm³/mol. The first-order chi connectivity index (χ1) is 14.8. The smallest absolute Gasteiger partial charge is 0.262 e. The van der Waals surface area contributed by atoms with Crippen molar-refractivity contribution in [3.05, 3.63) is 70.8 Å². The molecule has 162 valence electrons. The van der Waals surface area contributed by atoms with Gasteiger partial charge in [-0.05, 0) is 60.8 Å². The summed E-state index contributed by atoms with van der Waals surface area (Å²) in [5.74, 6) is 1.14. The number of aliphatic imine (C=N–C) groups is 1. The summed E-state index contributed by atoms with van der Waals surface area (Å²) in [5, 5.41) is 0. The molecular weight excluding hydrogens is 386 g/mol. The number of amides is 1. The first-order valence-corrected chi connectivity index (χ1v) is 11.2. The van der Waals surface area contributed by atoms with E-state index >= 15 is 0 Å². The predicted octanol–water partition coefficient (Wildman–Crippen LogP) is 4.58. The Morgan fingerprint density at radius 2 is 1.90 bits per heavy atom. The molecule has 2 aliphatic rings. The number of ketones is 1. The van der Waals surface area contributed by atoms with Gasteiger partial charge in [-0.3, -0.25) is 14.5 Å². The number of nitrogens with two attached hydrogens (primary N) is 1. The van der Waals surface area contributed by atoms with Crippen molar-refractivity contribution >= 4 is 17.6 Å². The second kappa shape index (κ2) is 8.29. The van der Waals surface area contributed by atoms with Gasteiger partial charge in [0.2, 0.25) is 0 Å². The van der Waals surface area contributed by atoms with Crippen LogP contribution >= 0.6 is 0 Å². The summed E-state index contributed by atoms with van der Waals surface area (Å²) in [5.41, 5.74) is 8.79. The zero-order chi connectivity index (χ0) is 22.2. The van der Waals surface area contributed by atoms with Gasteiger partial charge in [-0.2, -0.15) is 0 Å². The zero-order valence-corrected chi connectivity index (χ0v) is 18.6. The number of hydrogen-bond donors (Lipinski definition) is 1. The third-order valence-corrected chi connectivity index (χ3v) is 6.25. The standard InChI is InChI=1S/C26H31N3O2/c1-17(2)15-26(21-7-5-4-6-8-21)24(31)29(25(27)28-26)16-20-10-9-18(3)22(13-20)23(30)14-19-11-12-19/h4-10,13,17,19H,11-12,14-16H2,1-3H3,(H2,27,28). The molecule has 2 aromatic rings. The maximum Gasteiger partial charge on any atom is 0.262 e. The van der Waals surface area contributed by atoms with Gasteiger partial charge in [0.05, 0.1) is 6.54 Å². The van der Waals surface area contributed by atoms with Crippen LogP contribution in [0, 0.1) is 18.8 Å². The van der Waals surface area contributed by atoms with Gasteiger partial charge >= 0.3 is 0 Å². The fourth-order valence-corrected chi connectivity index (χ4v) is 4.47. The van der Waals surface area contributed by atoms with Crippen molar-refractivity contribution in [3.63, 3.8) is 0 Å². The Bertz CT molecular complexity index is 1020. The number of rotatable bonds is 8. The molecule has 0 spiro atoms. The van der Waals surface area contributed by atoms with E-state index in [0.29, 0.717) is 25.3 Å². The van der Waals surface area contributed by atoms with Crippen molar-refractivity contribution in [3.8, 4) is 0 Å². The van der Waals surface area contributed by atoms with Gasteiger partial charge in [0.15, 0.2) is 17.3 Å². The van der Waals surface area contributed by atoms with Gasteiger partial charge in [0.1, 0.15) is 0 Å². The Hall–Kier alpha value is -2.95.